The molecular formula is C9H16S3. The van der Waals surface area contributed by atoms with Gasteiger partial charge >= 0.3 is 0 Å². The fourth-order valence-electron chi connectivity index (χ4n) is 0.501. The largest absolute Gasteiger partial charge is 0.158 e. The van der Waals surface area contributed by atoms with Crippen LogP contribution in [0.4, 0.5) is 0 Å². The molecule has 0 aromatic heterocycles. The van der Waals surface area contributed by atoms with Crippen LogP contribution in [0.2, 0.25) is 0 Å². The summed E-state index contributed by atoms with van der Waals surface area (Å²) in [5.74, 6) is 3.45. The first kappa shape index (κ1) is 12.5. The number of hydrogen-bond donors (Lipinski definition) is 0. The first-order valence-electron chi connectivity index (χ1n) is 4.03. The highest BCUT2D eigenvalue weighted by Crippen LogP contribution is 2.22. The smallest absolute Gasteiger partial charge is 0.0218 e. The Morgan fingerprint density at radius 3 is 2.83 bits per heavy atom. The molecule has 0 radical (unpaired) electrons. The molecule has 70 valence electrons. The van der Waals surface area contributed by atoms with Crippen molar-refractivity contribution in [2.45, 2.75) is 13.3 Å². The number of rotatable bonds is 8. The summed E-state index contributed by atoms with van der Waals surface area (Å²) in [7, 11) is 3.61. The fraction of sp³-hybridized carbons (Fsp3) is 0.556. The van der Waals surface area contributed by atoms with Crippen molar-refractivity contribution in [3.05, 3.63) is 24.1 Å². The molecule has 0 nitrogen and oxygen atoms in total. The van der Waals surface area contributed by atoms with Gasteiger partial charge in [-0.1, -0.05) is 40.7 Å². The Labute approximate surface area is 88.0 Å². The second kappa shape index (κ2) is 11.5. The van der Waals surface area contributed by atoms with E-state index in [1.807, 2.05) is 28.6 Å². The Morgan fingerprint density at radius 1 is 1.33 bits per heavy atom. The van der Waals surface area contributed by atoms with Crippen LogP contribution in [-0.4, -0.2) is 17.3 Å². The van der Waals surface area contributed by atoms with Crippen LogP contribution in [0.15, 0.2) is 24.1 Å². The molecule has 0 heterocycles. The number of thioether (sulfide) groups is 1. The average Bonchev–Trinajstić information content (AvgIpc) is 2.10. The second-order valence-electron chi connectivity index (χ2n) is 2.12. The Balaban J connectivity index is 2.98. The van der Waals surface area contributed by atoms with Crippen LogP contribution in [0.3, 0.4) is 0 Å². The molecule has 0 aromatic carbocycles. The molecule has 0 unspecified atom stereocenters. The highest BCUT2D eigenvalue weighted by atomic mass is 33.1. The van der Waals surface area contributed by atoms with Crippen molar-refractivity contribution in [3.8, 4) is 0 Å². The van der Waals surface area contributed by atoms with E-state index in [0.29, 0.717) is 0 Å². The second-order valence-corrected chi connectivity index (χ2v) is 5.58. The van der Waals surface area contributed by atoms with E-state index in [4.69, 9.17) is 0 Å². The molecule has 0 saturated heterocycles. The zero-order chi connectivity index (χ0) is 9.07. The van der Waals surface area contributed by atoms with Gasteiger partial charge in [0, 0.05) is 11.5 Å². The van der Waals surface area contributed by atoms with E-state index in [1.54, 1.807) is 10.8 Å². The van der Waals surface area contributed by atoms with Gasteiger partial charge in [0.25, 0.3) is 0 Å². The summed E-state index contributed by atoms with van der Waals surface area (Å²) >= 11 is 1.99. The molecule has 0 amide bonds. The lowest BCUT2D eigenvalue weighted by Crippen LogP contribution is -1.74. The van der Waals surface area contributed by atoms with Gasteiger partial charge in [-0.25, -0.2) is 0 Å². The van der Waals surface area contributed by atoms with Gasteiger partial charge in [0.15, 0.2) is 0 Å². The standard InChI is InChI=1S/C9H16S3/c1-3-6-10-8-5-9-12-11-7-4-2/h4-5,9H,2-3,6-8H2,1H3/b9-5-. The van der Waals surface area contributed by atoms with E-state index >= 15 is 0 Å². The van der Waals surface area contributed by atoms with E-state index in [-0.39, 0.29) is 0 Å². The molecule has 0 bridgehead atoms. The fourth-order valence-corrected chi connectivity index (χ4v) is 2.73. The molecule has 0 aliphatic carbocycles. The molecule has 0 rings (SSSR count). The summed E-state index contributed by atoms with van der Waals surface area (Å²) in [6, 6.07) is 0. The highest BCUT2D eigenvalue weighted by Gasteiger charge is 1.82. The van der Waals surface area contributed by atoms with Crippen molar-refractivity contribution >= 4 is 33.3 Å². The lowest BCUT2D eigenvalue weighted by Gasteiger charge is -1.92. The lowest BCUT2D eigenvalue weighted by atomic mass is 10.6. The SMILES string of the molecule is C=CCSS/C=C\CSCCC. The zero-order valence-electron chi connectivity index (χ0n) is 7.49. The van der Waals surface area contributed by atoms with Crippen LogP contribution in [0.25, 0.3) is 0 Å². The van der Waals surface area contributed by atoms with E-state index in [2.05, 4.69) is 25.0 Å². The van der Waals surface area contributed by atoms with Gasteiger partial charge in [0.05, 0.1) is 0 Å². The van der Waals surface area contributed by atoms with Crippen LogP contribution >= 0.6 is 33.3 Å². The number of hydrogen-bond acceptors (Lipinski definition) is 3. The lowest BCUT2D eigenvalue weighted by molar-refractivity contribution is 1.11. The molecule has 0 N–H and O–H groups in total. The quantitative estimate of drug-likeness (QED) is 0.342. The Hall–Kier alpha value is 0.530. The molecule has 12 heavy (non-hydrogen) atoms. The third kappa shape index (κ3) is 10.5. The van der Waals surface area contributed by atoms with E-state index in [1.165, 1.54) is 12.2 Å². The summed E-state index contributed by atoms with van der Waals surface area (Å²) in [4.78, 5) is 0. The van der Waals surface area contributed by atoms with Gasteiger partial charge in [-0.05, 0) is 17.6 Å². The van der Waals surface area contributed by atoms with Crippen LogP contribution < -0.4 is 0 Å². The van der Waals surface area contributed by atoms with Gasteiger partial charge in [-0.2, -0.15) is 11.8 Å². The zero-order valence-corrected chi connectivity index (χ0v) is 9.94. The van der Waals surface area contributed by atoms with Gasteiger partial charge in [0.2, 0.25) is 0 Å². The normalized spacial score (nSPS) is 10.8. The maximum atomic E-state index is 3.66. The molecule has 0 aromatic rings. The predicted molar refractivity (Wildman–Crippen MR) is 67.0 cm³/mol. The van der Waals surface area contributed by atoms with Crippen molar-refractivity contribution in [1.29, 1.82) is 0 Å². The summed E-state index contributed by atoms with van der Waals surface area (Å²) < 4.78 is 0. The van der Waals surface area contributed by atoms with E-state index in [0.717, 1.165) is 11.5 Å². The molecular weight excluding hydrogens is 204 g/mol. The maximum absolute atomic E-state index is 3.66. The Bertz CT molecular complexity index is 121. The average molecular weight is 220 g/mol. The van der Waals surface area contributed by atoms with Crippen molar-refractivity contribution in [2.75, 3.05) is 17.3 Å². The molecule has 0 atom stereocenters. The molecule has 0 aliphatic rings. The van der Waals surface area contributed by atoms with Crippen molar-refractivity contribution in [1.82, 2.24) is 0 Å². The van der Waals surface area contributed by atoms with Crippen molar-refractivity contribution < 1.29 is 0 Å². The van der Waals surface area contributed by atoms with Crippen LogP contribution in [-0.2, 0) is 0 Å². The molecule has 0 spiro atoms. The van der Waals surface area contributed by atoms with Gasteiger partial charge in [0.1, 0.15) is 0 Å². The van der Waals surface area contributed by atoms with E-state index < -0.39 is 0 Å². The molecule has 3 heteroatoms. The van der Waals surface area contributed by atoms with E-state index in [9.17, 15) is 0 Å². The minimum atomic E-state index is 1.02. The summed E-state index contributed by atoms with van der Waals surface area (Å²) in [5, 5.41) is 2.16. The first-order valence-corrected chi connectivity index (χ1v) is 7.57. The summed E-state index contributed by atoms with van der Waals surface area (Å²) in [5.41, 5.74) is 0. The van der Waals surface area contributed by atoms with Crippen LogP contribution in [0.1, 0.15) is 13.3 Å². The predicted octanol–water partition coefficient (Wildman–Crippen LogP) is 4.21. The maximum Gasteiger partial charge on any atom is 0.0218 e. The molecule has 0 aliphatic heterocycles. The van der Waals surface area contributed by atoms with Crippen LogP contribution in [0.5, 0.6) is 0 Å². The summed E-state index contributed by atoms with van der Waals surface area (Å²) in [6.45, 7) is 5.87. The minimum absolute atomic E-state index is 1.02. The van der Waals surface area contributed by atoms with Crippen molar-refractivity contribution in [2.24, 2.45) is 0 Å². The third-order valence-electron chi connectivity index (χ3n) is 0.968. The van der Waals surface area contributed by atoms with Crippen molar-refractivity contribution in [3.63, 3.8) is 0 Å². The first-order chi connectivity index (χ1) is 5.91. The monoisotopic (exact) mass is 220 g/mol. The van der Waals surface area contributed by atoms with Gasteiger partial charge in [-0.3, -0.25) is 0 Å². The molecule has 0 fully saturated rings. The molecule has 0 saturated carbocycles. The minimum Gasteiger partial charge on any atom is -0.158 e. The van der Waals surface area contributed by atoms with Gasteiger partial charge < -0.3 is 0 Å². The third-order valence-corrected chi connectivity index (χ3v) is 4.05. The topological polar surface area (TPSA) is 0 Å². The Kier molecular flexibility index (Phi) is 12.0. The summed E-state index contributed by atoms with van der Waals surface area (Å²) in [6.07, 6.45) is 5.43. The highest BCUT2D eigenvalue weighted by molar-refractivity contribution is 8.77. The Morgan fingerprint density at radius 2 is 2.17 bits per heavy atom. The van der Waals surface area contributed by atoms with Gasteiger partial charge in [-0.15, -0.1) is 6.58 Å². The van der Waals surface area contributed by atoms with Crippen LogP contribution in [0, 0.1) is 0 Å².